The summed E-state index contributed by atoms with van der Waals surface area (Å²) in [4.78, 5) is 12.3. The summed E-state index contributed by atoms with van der Waals surface area (Å²) >= 11 is 15.7. The molecule has 0 amide bonds. The predicted octanol–water partition coefficient (Wildman–Crippen LogP) is 7.24. The van der Waals surface area contributed by atoms with Gasteiger partial charge in [0.15, 0.2) is 11.5 Å². The molecule has 148 valence electrons. The number of halogens is 3. The largest absolute Gasteiger partial charge is 0.496 e. The van der Waals surface area contributed by atoms with Gasteiger partial charge in [-0.05, 0) is 60.2 Å². The Morgan fingerprint density at radius 1 is 1.03 bits per heavy atom. The molecule has 0 N–H and O–H groups in total. The van der Waals surface area contributed by atoms with E-state index in [-0.39, 0.29) is 12.4 Å². The maximum Gasteiger partial charge on any atom is 0.185 e. The van der Waals surface area contributed by atoms with Crippen molar-refractivity contribution < 1.29 is 14.3 Å². The fourth-order valence-electron chi connectivity index (χ4n) is 2.67. The van der Waals surface area contributed by atoms with Crippen LogP contribution in [-0.2, 0) is 6.61 Å². The molecule has 0 unspecified atom stereocenters. The number of rotatable bonds is 7. The molecular weight excluding hydrogens is 475 g/mol. The van der Waals surface area contributed by atoms with Crippen LogP contribution >= 0.6 is 39.1 Å². The summed E-state index contributed by atoms with van der Waals surface area (Å²) in [5, 5.41) is 0.875. The third-order valence-corrected chi connectivity index (χ3v) is 5.28. The molecule has 0 heterocycles. The topological polar surface area (TPSA) is 35.5 Å². The molecule has 0 aliphatic carbocycles. The maximum atomic E-state index is 12.3. The molecule has 0 aromatic heterocycles. The number of methoxy groups -OCH3 is 1. The van der Waals surface area contributed by atoms with Gasteiger partial charge in [-0.2, -0.15) is 0 Å². The number of ketones is 1. The van der Waals surface area contributed by atoms with E-state index in [1.165, 1.54) is 0 Å². The van der Waals surface area contributed by atoms with Crippen molar-refractivity contribution in [3.63, 3.8) is 0 Å². The van der Waals surface area contributed by atoms with E-state index in [4.69, 9.17) is 32.7 Å². The second-order valence-electron chi connectivity index (χ2n) is 6.12. The van der Waals surface area contributed by atoms with E-state index in [2.05, 4.69) is 15.9 Å². The summed E-state index contributed by atoms with van der Waals surface area (Å²) in [7, 11) is 1.59. The van der Waals surface area contributed by atoms with E-state index in [0.29, 0.717) is 27.1 Å². The minimum Gasteiger partial charge on any atom is -0.496 e. The molecule has 3 aromatic rings. The quantitative estimate of drug-likeness (QED) is 0.258. The van der Waals surface area contributed by atoms with Crippen molar-refractivity contribution in [3.05, 3.63) is 97.9 Å². The van der Waals surface area contributed by atoms with E-state index < -0.39 is 0 Å². The third-order valence-electron chi connectivity index (χ3n) is 4.15. The van der Waals surface area contributed by atoms with Crippen molar-refractivity contribution in [2.24, 2.45) is 0 Å². The van der Waals surface area contributed by atoms with Crippen molar-refractivity contribution in [3.8, 4) is 11.5 Å². The highest BCUT2D eigenvalue weighted by Gasteiger charge is 2.10. The smallest absolute Gasteiger partial charge is 0.185 e. The standard InChI is InChI=1S/C23H17BrCl2O3/c1-28-22-12-6-15(5-11-21(27)16-7-9-18(24)10-8-16)13-17(22)14-29-23-19(25)3-2-4-20(23)26/h2-13H,14H2,1H3/b11-5+. The highest BCUT2D eigenvalue weighted by Crippen LogP contribution is 2.33. The van der Waals surface area contributed by atoms with Gasteiger partial charge in [-0.3, -0.25) is 4.79 Å². The monoisotopic (exact) mass is 490 g/mol. The van der Waals surface area contributed by atoms with Gasteiger partial charge in [-0.25, -0.2) is 0 Å². The lowest BCUT2D eigenvalue weighted by atomic mass is 10.1. The Bertz CT molecular complexity index is 1030. The minimum atomic E-state index is -0.0750. The zero-order valence-corrected chi connectivity index (χ0v) is 18.6. The van der Waals surface area contributed by atoms with Gasteiger partial charge < -0.3 is 9.47 Å². The van der Waals surface area contributed by atoms with Gasteiger partial charge in [0.25, 0.3) is 0 Å². The maximum absolute atomic E-state index is 12.3. The Labute approximate surface area is 188 Å². The normalized spacial score (nSPS) is 10.9. The van der Waals surface area contributed by atoms with Gasteiger partial charge in [-0.1, -0.05) is 57.3 Å². The number of hydrogen-bond donors (Lipinski definition) is 0. The fourth-order valence-corrected chi connectivity index (χ4v) is 3.44. The Balaban J connectivity index is 1.77. The summed E-state index contributed by atoms with van der Waals surface area (Å²) < 4.78 is 12.2. The second kappa shape index (κ2) is 9.97. The van der Waals surface area contributed by atoms with Crippen molar-refractivity contribution in [2.75, 3.05) is 7.11 Å². The lowest BCUT2D eigenvalue weighted by Crippen LogP contribution is -2.00. The van der Waals surface area contributed by atoms with E-state index in [9.17, 15) is 4.79 Å². The average molecular weight is 492 g/mol. The summed E-state index contributed by atoms with van der Waals surface area (Å²) in [6, 6.07) is 18.0. The number of carbonyl (C=O) groups excluding carboxylic acids is 1. The lowest BCUT2D eigenvalue weighted by molar-refractivity contribution is 0.104. The zero-order valence-electron chi connectivity index (χ0n) is 15.5. The van der Waals surface area contributed by atoms with Gasteiger partial charge in [0, 0.05) is 15.6 Å². The molecular formula is C23H17BrCl2O3. The SMILES string of the molecule is COc1ccc(/C=C/C(=O)c2ccc(Br)cc2)cc1COc1c(Cl)cccc1Cl. The molecule has 0 saturated heterocycles. The molecule has 0 saturated carbocycles. The fraction of sp³-hybridized carbons (Fsp3) is 0.0870. The van der Waals surface area contributed by atoms with Crippen molar-refractivity contribution in [2.45, 2.75) is 6.61 Å². The van der Waals surface area contributed by atoms with Crippen molar-refractivity contribution in [1.29, 1.82) is 0 Å². The lowest BCUT2D eigenvalue weighted by Gasteiger charge is -2.13. The van der Waals surface area contributed by atoms with E-state index in [0.717, 1.165) is 15.6 Å². The van der Waals surface area contributed by atoms with Gasteiger partial charge in [0.1, 0.15) is 12.4 Å². The van der Waals surface area contributed by atoms with Gasteiger partial charge in [0.05, 0.1) is 17.2 Å². The summed E-state index contributed by atoms with van der Waals surface area (Å²) in [5.74, 6) is 1.02. The average Bonchev–Trinajstić information content (AvgIpc) is 2.72. The highest BCUT2D eigenvalue weighted by atomic mass is 79.9. The molecule has 3 nitrogen and oxygen atoms in total. The van der Waals surface area contributed by atoms with Crippen LogP contribution in [0, 0.1) is 0 Å². The molecule has 29 heavy (non-hydrogen) atoms. The Morgan fingerprint density at radius 3 is 2.38 bits per heavy atom. The number of ether oxygens (including phenoxy) is 2. The molecule has 0 atom stereocenters. The summed E-state index contributed by atoms with van der Waals surface area (Å²) in [5.41, 5.74) is 2.27. The van der Waals surface area contributed by atoms with Gasteiger partial charge in [-0.15, -0.1) is 0 Å². The molecule has 6 heteroatoms. The predicted molar refractivity (Wildman–Crippen MR) is 121 cm³/mol. The van der Waals surface area contributed by atoms with Crippen LogP contribution in [0.15, 0.2) is 71.2 Å². The first-order valence-corrected chi connectivity index (χ1v) is 10.2. The zero-order chi connectivity index (χ0) is 20.8. The first-order valence-electron chi connectivity index (χ1n) is 8.69. The number of benzene rings is 3. The number of allylic oxidation sites excluding steroid dienone is 1. The molecule has 0 aliphatic heterocycles. The minimum absolute atomic E-state index is 0.0750. The van der Waals surface area contributed by atoms with Crippen LogP contribution in [0.25, 0.3) is 6.08 Å². The Morgan fingerprint density at radius 2 is 1.72 bits per heavy atom. The second-order valence-corrected chi connectivity index (χ2v) is 7.85. The Hall–Kier alpha value is -2.27. The molecule has 0 fully saturated rings. The van der Waals surface area contributed by atoms with E-state index >= 15 is 0 Å². The number of para-hydroxylation sites is 1. The van der Waals surface area contributed by atoms with Crippen LogP contribution in [0.1, 0.15) is 21.5 Å². The van der Waals surface area contributed by atoms with Crippen LogP contribution in [0.3, 0.4) is 0 Å². The Kier molecular flexibility index (Phi) is 7.37. The first kappa shape index (κ1) is 21.4. The van der Waals surface area contributed by atoms with Crippen LogP contribution < -0.4 is 9.47 Å². The third kappa shape index (κ3) is 5.63. The van der Waals surface area contributed by atoms with E-state index in [1.807, 2.05) is 30.3 Å². The molecule has 0 radical (unpaired) electrons. The number of hydrogen-bond acceptors (Lipinski definition) is 3. The molecule has 0 spiro atoms. The molecule has 3 rings (SSSR count). The number of carbonyl (C=O) groups is 1. The van der Waals surface area contributed by atoms with Gasteiger partial charge >= 0.3 is 0 Å². The van der Waals surface area contributed by atoms with E-state index in [1.54, 1.807) is 49.6 Å². The van der Waals surface area contributed by atoms with Crippen LogP contribution in [0.4, 0.5) is 0 Å². The molecule has 0 aliphatic rings. The van der Waals surface area contributed by atoms with Gasteiger partial charge in [0.2, 0.25) is 0 Å². The van der Waals surface area contributed by atoms with Crippen LogP contribution in [0.5, 0.6) is 11.5 Å². The summed E-state index contributed by atoms with van der Waals surface area (Å²) in [6.07, 6.45) is 3.30. The molecule has 3 aromatic carbocycles. The highest BCUT2D eigenvalue weighted by molar-refractivity contribution is 9.10. The van der Waals surface area contributed by atoms with Crippen molar-refractivity contribution in [1.82, 2.24) is 0 Å². The first-order chi connectivity index (χ1) is 14.0. The van der Waals surface area contributed by atoms with Crippen LogP contribution in [0.2, 0.25) is 10.0 Å². The molecule has 0 bridgehead atoms. The summed E-state index contributed by atoms with van der Waals surface area (Å²) in [6.45, 7) is 0.217. The van der Waals surface area contributed by atoms with Crippen LogP contribution in [-0.4, -0.2) is 12.9 Å². The van der Waals surface area contributed by atoms with Crippen molar-refractivity contribution >= 4 is 51.0 Å².